The number of piperazine rings is 1. The van der Waals surface area contributed by atoms with Gasteiger partial charge in [-0.15, -0.1) is 0 Å². The number of piperidine rings is 1. The molecule has 5 aliphatic rings. The first-order valence-corrected chi connectivity index (χ1v) is 20.6. The number of aromatic nitrogens is 5. The lowest BCUT2D eigenvalue weighted by Crippen LogP contribution is -2.51. The highest BCUT2D eigenvalue weighted by Crippen LogP contribution is 2.46. The van der Waals surface area contributed by atoms with Crippen molar-refractivity contribution in [2.45, 2.75) is 56.0 Å². The third-order valence-corrected chi connectivity index (χ3v) is 12.9. The molecule has 4 aliphatic heterocycles. The van der Waals surface area contributed by atoms with Crippen LogP contribution >= 0.6 is 11.6 Å². The number of nitrogens with zero attached hydrogens (tertiary/aromatic N) is 8. The van der Waals surface area contributed by atoms with Gasteiger partial charge in [-0.25, -0.2) is 13.8 Å². The molecule has 3 N–H and O–H groups in total. The van der Waals surface area contributed by atoms with Crippen molar-refractivity contribution in [2.75, 3.05) is 66.3 Å². The van der Waals surface area contributed by atoms with Crippen LogP contribution in [0.4, 0.5) is 37.6 Å². The number of pyridine rings is 1. The molecule has 7 heterocycles. The maximum absolute atomic E-state index is 15.2. The Morgan fingerprint density at radius 2 is 1.78 bits per heavy atom. The molecule has 59 heavy (non-hydrogen) atoms. The van der Waals surface area contributed by atoms with Crippen molar-refractivity contribution in [3.8, 4) is 5.75 Å². The topological polar surface area (TPSA) is 155 Å². The first-order valence-electron chi connectivity index (χ1n) is 20.2. The number of carbonyl (C=O) groups is 2. The molecule has 15 nitrogen and oxygen atoms in total. The summed E-state index contributed by atoms with van der Waals surface area (Å²) in [6.45, 7) is 3.98. The standard InChI is InChI=1S/C41H44ClF2N11O4/c1-51-29-10-8-23(18-27(29)33-35(39(51)58)59-21-41(43,44)36(48-33)22-6-7-22)46-37-28(42)19-45-40(49-37)54-16-14-53(15-17-54)24-12-13-55(20-24)30-5-3-4-25-32(50-52(2)34(25)30)26-9-11-31(56)47-38(26)57/h3-5,8,10,18-19,22,24,26,36,48H,6-7,9,11-17,20-21H2,1-2H3,(H,45,46,49)(H,47,56,57)/t24?,26?,36-/m0/s1. The van der Waals surface area contributed by atoms with E-state index in [4.69, 9.17) is 26.4 Å². The summed E-state index contributed by atoms with van der Waals surface area (Å²) >= 11 is 6.64. The summed E-state index contributed by atoms with van der Waals surface area (Å²) in [5.74, 6) is -3.47. The van der Waals surface area contributed by atoms with Gasteiger partial charge in [-0.05, 0) is 55.9 Å². The first-order chi connectivity index (χ1) is 28.4. The van der Waals surface area contributed by atoms with Crippen LogP contribution in [0.2, 0.25) is 5.02 Å². The highest BCUT2D eigenvalue weighted by atomic mass is 35.5. The predicted octanol–water partition coefficient (Wildman–Crippen LogP) is 4.75. The number of aryl methyl sites for hydroxylation is 2. The van der Waals surface area contributed by atoms with Gasteiger partial charge in [0.2, 0.25) is 23.5 Å². The molecule has 1 saturated carbocycles. The molecule has 0 bridgehead atoms. The smallest absolute Gasteiger partial charge is 0.301 e. The van der Waals surface area contributed by atoms with E-state index in [9.17, 15) is 14.4 Å². The first kappa shape index (κ1) is 37.7. The zero-order valence-corrected chi connectivity index (χ0v) is 33.4. The summed E-state index contributed by atoms with van der Waals surface area (Å²) in [5, 5.41) is 15.4. The quantitative estimate of drug-likeness (QED) is 0.194. The van der Waals surface area contributed by atoms with Crippen LogP contribution in [0.15, 0.2) is 47.4 Å². The minimum atomic E-state index is -3.14. The van der Waals surface area contributed by atoms with E-state index in [1.54, 1.807) is 31.4 Å². The number of rotatable bonds is 7. The molecule has 308 valence electrons. The van der Waals surface area contributed by atoms with Crippen molar-refractivity contribution in [1.29, 1.82) is 0 Å². The Bertz CT molecular complexity index is 2590. The molecule has 4 fully saturated rings. The Morgan fingerprint density at radius 1 is 0.966 bits per heavy atom. The van der Waals surface area contributed by atoms with E-state index < -0.39 is 30.0 Å². The molecule has 2 aromatic carbocycles. The molecular formula is C41H44ClF2N11O4. The molecular weight excluding hydrogens is 784 g/mol. The van der Waals surface area contributed by atoms with E-state index in [0.29, 0.717) is 70.8 Å². The largest absolute Gasteiger partial charge is 0.480 e. The van der Waals surface area contributed by atoms with Crippen molar-refractivity contribution in [3.05, 3.63) is 63.7 Å². The zero-order valence-electron chi connectivity index (χ0n) is 32.7. The summed E-state index contributed by atoms with van der Waals surface area (Å²) in [6, 6.07) is 10.7. The molecule has 0 spiro atoms. The van der Waals surface area contributed by atoms with Crippen LogP contribution in [0.25, 0.3) is 21.8 Å². The van der Waals surface area contributed by atoms with Crippen LogP contribution in [-0.4, -0.2) is 105 Å². The number of alkyl halides is 2. The fraction of sp³-hybridized carbons (Fsp3) is 0.463. The maximum Gasteiger partial charge on any atom is 0.301 e. The number of nitrogens with one attached hydrogen (secondary N) is 3. The summed E-state index contributed by atoms with van der Waals surface area (Å²) in [6.07, 6.45) is 4.74. The Kier molecular flexibility index (Phi) is 9.15. The molecule has 10 rings (SSSR count). The van der Waals surface area contributed by atoms with Gasteiger partial charge < -0.3 is 29.7 Å². The van der Waals surface area contributed by atoms with E-state index >= 15 is 8.78 Å². The van der Waals surface area contributed by atoms with Crippen molar-refractivity contribution < 1.29 is 23.1 Å². The van der Waals surface area contributed by atoms with Gasteiger partial charge in [-0.3, -0.25) is 29.3 Å². The summed E-state index contributed by atoms with van der Waals surface area (Å²) in [5.41, 5.74) is 3.76. The third-order valence-electron chi connectivity index (χ3n) is 12.7. The molecule has 18 heteroatoms. The number of hydrogen-bond donors (Lipinski definition) is 3. The number of amides is 2. The summed E-state index contributed by atoms with van der Waals surface area (Å²) in [7, 11) is 3.51. The SMILES string of the molecule is Cn1nc(C2CCC(=O)NC2=O)c2cccc(N3CCC(N4CCN(c5ncc(Cl)c(Nc6ccc7c(c6)c6c(c(=O)n7C)OCC(F)(F)[C@H](C7CC7)N6)n5)CC4)C3)c21. The van der Waals surface area contributed by atoms with Crippen LogP contribution in [0.5, 0.6) is 5.75 Å². The number of para-hydroxylation sites is 1. The van der Waals surface area contributed by atoms with Crippen molar-refractivity contribution >= 4 is 74.0 Å². The van der Waals surface area contributed by atoms with Gasteiger partial charge in [0.25, 0.3) is 5.56 Å². The molecule has 3 aromatic heterocycles. The third kappa shape index (κ3) is 6.67. The monoisotopic (exact) mass is 827 g/mol. The molecule has 3 atom stereocenters. The van der Waals surface area contributed by atoms with Crippen LogP contribution in [0.1, 0.15) is 43.7 Å². The molecule has 0 radical (unpaired) electrons. The van der Waals surface area contributed by atoms with Gasteiger partial charge in [0.1, 0.15) is 5.02 Å². The lowest BCUT2D eigenvalue weighted by molar-refractivity contribution is -0.134. The minimum Gasteiger partial charge on any atom is -0.480 e. The number of ether oxygens (including phenoxy) is 1. The number of benzene rings is 2. The van der Waals surface area contributed by atoms with Crippen LogP contribution < -0.4 is 36.0 Å². The zero-order chi connectivity index (χ0) is 40.7. The number of halogens is 3. The maximum atomic E-state index is 15.2. The average molecular weight is 828 g/mol. The molecule has 1 aliphatic carbocycles. The van der Waals surface area contributed by atoms with Gasteiger partial charge in [0.05, 0.1) is 46.3 Å². The van der Waals surface area contributed by atoms with E-state index in [1.165, 1.54) is 4.57 Å². The Labute approximate surface area is 342 Å². The van der Waals surface area contributed by atoms with Gasteiger partial charge in [0, 0.05) is 82.3 Å². The van der Waals surface area contributed by atoms with Gasteiger partial charge in [-0.2, -0.15) is 10.1 Å². The molecule has 5 aromatic rings. The summed E-state index contributed by atoms with van der Waals surface area (Å²) in [4.78, 5) is 54.3. The Hall–Kier alpha value is -5.55. The van der Waals surface area contributed by atoms with Gasteiger partial charge >= 0.3 is 5.92 Å². The lowest BCUT2D eigenvalue weighted by Gasteiger charge is -2.38. The van der Waals surface area contributed by atoms with E-state index in [2.05, 4.69) is 41.7 Å². The van der Waals surface area contributed by atoms with Crippen LogP contribution in [0.3, 0.4) is 0 Å². The van der Waals surface area contributed by atoms with Crippen LogP contribution in [0, 0.1) is 5.92 Å². The van der Waals surface area contributed by atoms with Gasteiger partial charge in [-0.1, -0.05) is 23.7 Å². The molecule has 2 amide bonds. The second-order valence-corrected chi connectivity index (χ2v) is 16.8. The highest BCUT2D eigenvalue weighted by molar-refractivity contribution is 6.33. The van der Waals surface area contributed by atoms with E-state index in [-0.39, 0.29) is 29.2 Å². The van der Waals surface area contributed by atoms with Crippen molar-refractivity contribution in [3.63, 3.8) is 0 Å². The normalized spacial score (nSPS) is 23.5. The van der Waals surface area contributed by atoms with Crippen molar-refractivity contribution in [1.82, 2.24) is 34.5 Å². The Balaban J connectivity index is 0.827. The van der Waals surface area contributed by atoms with Gasteiger partial charge in [0.15, 0.2) is 12.4 Å². The number of carbonyl (C=O) groups excluding carboxylic acids is 2. The van der Waals surface area contributed by atoms with E-state index in [0.717, 1.165) is 62.3 Å². The fourth-order valence-corrected chi connectivity index (χ4v) is 9.52. The number of fused-ring (bicyclic) bond motifs is 4. The Morgan fingerprint density at radius 3 is 2.56 bits per heavy atom. The van der Waals surface area contributed by atoms with Crippen molar-refractivity contribution in [2.24, 2.45) is 20.0 Å². The number of imide groups is 1. The second-order valence-electron chi connectivity index (χ2n) is 16.4. The van der Waals surface area contributed by atoms with E-state index in [1.807, 2.05) is 23.9 Å². The second kappa shape index (κ2) is 14.3. The highest BCUT2D eigenvalue weighted by Gasteiger charge is 2.51. The predicted molar refractivity (Wildman–Crippen MR) is 220 cm³/mol. The van der Waals surface area contributed by atoms with Crippen LogP contribution in [-0.2, 0) is 23.7 Å². The molecule has 2 unspecified atom stereocenters. The number of anilines is 5. The number of hydrogen-bond acceptors (Lipinski definition) is 12. The summed E-state index contributed by atoms with van der Waals surface area (Å²) < 4.78 is 39.1. The lowest BCUT2D eigenvalue weighted by atomic mass is 9.92. The molecule has 3 saturated heterocycles. The minimum absolute atomic E-state index is 0.113. The fourth-order valence-electron chi connectivity index (χ4n) is 9.38. The average Bonchev–Trinajstić information content (AvgIpc) is 3.87.